The Labute approximate surface area is 196 Å². The molecular formula is C26H24N4O2S. The fourth-order valence-corrected chi connectivity index (χ4v) is 5.15. The molecule has 1 amide bonds. The molecule has 3 heterocycles. The van der Waals surface area contributed by atoms with Gasteiger partial charge in [-0.25, -0.2) is 14.5 Å². The van der Waals surface area contributed by atoms with Gasteiger partial charge in [0.05, 0.1) is 16.2 Å². The fraction of sp³-hybridized carbons (Fsp3) is 0.231. The van der Waals surface area contributed by atoms with Crippen LogP contribution in [0.5, 0.6) is 0 Å². The van der Waals surface area contributed by atoms with Crippen molar-refractivity contribution in [3.8, 4) is 5.82 Å². The van der Waals surface area contributed by atoms with Crippen molar-refractivity contribution in [2.45, 2.75) is 37.1 Å². The molecule has 5 rings (SSSR count). The van der Waals surface area contributed by atoms with Crippen LogP contribution in [-0.2, 0) is 11.2 Å². The molecule has 1 atom stereocenters. The van der Waals surface area contributed by atoms with Crippen LogP contribution < -0.4 is 10.5 Å². The average molecular weight is 457 g/mol. The maximum Gasteiger partial charge on any atom is 0.267 e. The van der Waals surface area contributed by atoms with Crippen molar-refractivity contribution in [3.05, 3.63) is 88.3 Å². The van der Waals surface area contributed by atoms with Gasteiger partial charge in [0, 0.05) is 18.4 Å². The van der Waals surface area contributed by atoms with Crippen LogP contribution in [0.15, 0.2) is 76.8 Å². The molecule has 2 aromatic carbocycles. The fourth-order valence-electron chi connectivity index (χ4n) is 4.18. The first-order chi connectivity index (χ1) is 16.0. The molecule has 33 heavy (non-hydrogen) atoms. The van der Waals surface area contributed by atoms with E-state index in [-0.39, 0.29) is 11.5 Å². The van der Waals surface area contributed by atoms with E-state index in [2.05, 4.69) is 11.1 Å². The van der Waals surface area contributed by atoms with Gasteiger partial charge in [0.15, 0.2) is 5.16 Å². The topological polar surface area (TPSA) is 68.1 Å². The van der Waals surface area contributed by atoms with Gasteiger partial charge in [-0.1, -0.05) is 48.2 Å². The van der Waals surface area contributed by atoms with E-state index in [4.69, 9.17) is 4.98 Å². The lowest BCUT2D eigenvalue weighted by molar-refractivity contribution is -0.117. The first kappa shape index (κ1) is 21.4. The van der Waals surface area contributed by atoms with Crippen LogP contribution in [-0.4, -0.2) is 32.2 Å². The van der Waals surface area contributed by atoms with E-state index in [0.29, 0.717) is 28.4 Å². The molecule has 0 saturated heterocycles. The lowest BCUT2D eigenvalue weighted by atomic mass is 10.0. The van der Waals surface area contributed by atoms with Gasteiger partial charge in [0.2, 0.25) is 5.91 Å². The average Bonchev–Trinajstić information content (AvgIpc) is 2.84. The lowest BCUT2D eigenvalue weighted by Gasteiger charge is -2.31. The second-order valence-electron chi connectivity index (χ2n) is 8.23. The molecule has 0 bridgehead atoms. The first-order valence-electron chi connectivity index (χ1n) is 11.0. The first-order valence-corrected chi connectivity index (χ1v) is 11.9. The van der Waals surface area contributed by atoms with E-state index in [1.54, 1.807) is 12.3 Å². The van der Waals surface area contributed by atoms with Gasteiger partial charge in [0.25, 0.3) is 5.56 Å². The number of anilines is 1. The monoisotopic (exact) mass is 456 g/mol. The van der Waals surface area contributed by atoms with Crippen LogP contribution >= 0.6 is 11.8 Å². The van der Waals surface area contributed by atoms with Crippen LogP contribution in [0.3, 0.4) is 0 Å². The van der Waals surface area contributed by atoms with Crippen LogP contribution in [0.2, 0.25) is 0 Å². The molecule has 2 aromatic heterocycles. The Balaban J connectivity index is 1.55. The second kappa shape index (κ2) is 8.83. The summed E-state index contributed by atoms with van der Waals surface area (Å²) in [5.74, 6) is 0.507. The Hall–Kier alpha value is -3.45. The summed E-state index contributed by atoms with van der Waals surface area (Å²) in [6.07, 6.45) is 3.64. The molecule has 0 unspecified atom stereocenters. The molecular weight excluding hydrogens is 432 g/mol. The number of hydrogen-bond donors (Lipinski definition) is 0. The Kier molecular flexibility index (Phi) is 5.72. The minimum atomic E-state index is -0.430. The van der Waals surface area contributed by atoms with Gasteiger partial charge < -0.3 is 4.90 Å². The number of thioether (sulfide) groups is 1. The summed E-state index contributed by atoms with van der Waals surface area (Å²) < 4.78 is 1.51. The van der Waals surface area contributed by atoms with Gasteiger partial charge >= 0.3 is 0 Å². The number of hydrogen-bond acceptors (Lipinski definition) is 5. The number of amides is 1. The van der Waals surface area contributed by atoms with E-state index < -0.39 is 5.25 Å². The number of benzene rings is 2. The summed E-state index contributed by atoms with van der Waals surface area (Å²) in [4.78, 5) is 38.0. The zero-order valence-corrected chi connectivity index (χ0v) is 19.4. The third-order valence-corrected chi connectivity index (χ3v) is 6.92. The maximum absolute atomic E-state index is 13.5. The molecule has 7 heteroatoms. The largest absolute Gasteiger partial charge is 0.311 e. The predicted octanol–water partition coefficient (Wildman–Crippen LogP) is 4.55. The Morgan fingerprint density at radius 2 is 1.85 bits per heavy atom. The standard InChI is InChI=1S/C26H24N4O2S/c1-17-13-14-23(27-16-17)30-25(32)20-10-4-5-11-21(20)28-26(30)33-18(2)24(31)29-15-7-9-19-8-3-6-12-22(19)29/h3-6,8,10-14,16,18H,7,9,15H2,1-2H3/t18-/m1/s1. The smallest absolute Gasteiger partial charge is 0.267 e. The van der Waals surface area contributed by atoms with Crippen molar-refractivity contribution in [3.63, 3.8) is 0 Å². The normalized spacial score (nSPS) is 14.2. The number of nitrogens with zero attached hydrogens (tertiary/aromatic N) is 4. The molecule has 0 fully saturated rings. The van der Waals surface area contributed by atoms with Gasteiger partial charge in [-0.05, 0) is 62.1 Å². The van der Waals surface area contributed by atoms with Crippen LogP contribution in [0.25, 0.3) is 16.7 Å². The summed E-state index contributed by atoms with van der Waals surface area (Å²) in [5.41, 5.74) is 3.59. The van der Waals surface area contributed by atoms with Crippen molar-refractivity contribution in [1.82, 2.24) is 14.5 Å². The number of pyridine rings is 1. The summed E-state index contributed by atoms with van der Waals surface area (Å²) >= 11 is 1.30. The second-order valence-corrected chi connectivity index (χ2v) is 9.54. The zero-order valence-electron chi connectivity index (χ0n) is 18.6. The van der Waals surface area contributed by atoms with Crippen molar-refractivity contribution < 1.29 is 4.79 Å². The molecule has 1 aliphatic rings. The highest BCUT2D eigenvalue weighted by atomic mass is 32.2. The molecule has 4 aromatic rings. The third kappa shape index (κ3) is 4.04. The van der Waals surface area contributed by atoms with Crippen molar-refractivity contribution in [1.29, 1.82) is 0 Å². The van der Waals surface area contributed by atoms with E-state index in [1.165, 1.54) is 21.9 Å². The van der Waals surface area contributed by atoms with Crippen molar-refractivity contribution in [2.75, 3.05) is 11.4 Å². The number of carbonyl (C=O) groups is 1. The number of para-hydroxylation sites is 2. The van der Waals surface area contributed by atoms with Crippen LogP contribution in [0.4, 0.5) is 5.69 Å². The number of aromatic nitrogens is 3. The van der Waals surface area contributed by atoms with Crippen LogP contribution in [0.1, 0.15) is 24.5 Å². The van der Waals surface area contributed by atoms with Crippen LogP contribution in [0, 0.1) is 6.92 Å². The number of rotatable bonds is 4. The highest BCUT2D eigenvalue weighted by Crippen LogP contribution is 2.31. The summed E-state index contributed by atoms with van der Waals surface area (Å²) in [5, 5.41) is 0.551. The van der Waals surface area contributed by atoms with Crippen molar-refractivity contribution in [2.24, 2.45) is 0 Å². The number of aryl methyl sites for hydroxylation is 2. The Morgan fingerprint density at radius 1 is 1.06 bits per heavy atom. The molecule has 0 radical (unpaired) electrons. The highest BCUT2D eigenvalue weighted by Gasteiger charge is 2.28. The lowest BCUT2D eigenvalue weighted by Crippen LogP contribution is -2.40. The quantitative estimate of drug-likeness (QED) is 0.333. The molecule has 0 spiro atoms. The van der Waals surface area contributed by atoms with Crippen molar-refractivity contribution >= 4 is 34.3 Å². The van der Waals surface area contributed by atoms with Gasteiger partial charge in [-0.2, -0.15) is 0 Å². The SMILES string of the molecule is Cc1ccc(-n2c(S[C@H](C)C(=O)N3CCCc4ccccc43)nc3ccccc3c2=O)nc1. The number of carbonyl (C=O) groups excluding carboxylic acids is 1. The zero-order chi connectivity index (χ0) is 22.9. The van der Waals surface area contributed by atoms with E-state index >= 15 is 0 Å². The predicted molar refractivity (Wildman–Crippen MR) is 132 cm³/mol. The minimum Gasteiger partial charge on any atom is -0.311 e. The highest BCUT2D eigenvalue weighted by molar-refractivity contribution is 8.00. The molecule has 6 nitrogen and oxygen atoms in total. The number of fused-ring (bicyclic) bond motifs is 2. The van der Waals surface area contributed by atoms with Gasteiger partial charge in [-0.3, -0.25) is 9.59 Å². The maximum atomic E-state index is 13.5. The molecule has 0 saturated carbocycles. The summed E-state index contributed by atoms with van der Waals surface area (Å²) in [6, 6.07) is 19.1. The summed E-state index contributed by atoms with van der Waals surface area (Å²) in [7, 11) is 0. The molecule has 1 aliphatic heterocycles. The van der Waals surface area contributed by atoms with E-state index in [1.807, 2.05) is 67.3 Å². The van der Waals surface area contributed by atoms with Gasteiger partial charge in [-0.15, -0.1) is 0 Å². The van der Waals surface area contributed by atoms with Gasteiger partial charge in [0.1, 0.15) is 5.82 Å². The summed E-state index contributed by atoms with van der Waals surface area (Å²) in [6.45, 7) is 4.52. The molecule has 166 valence electrons. The van der Waals surface area contributed by atoms with E-state index in [9.17, 15) is 9.59 Å². The Bertz CT molecular complexity index is 1400. The van der Waals surface area contributed by atoms with E-state index in [0.717, 1.165) is 24.1 Å². The third-order valence-electron chi connectivity index (χ3n) is 5.88. The molecule has 0 aliphatic carbocycles. The minimum absolute atomic E-state index is 0.0120. The molecule has 0 N–H and O–H groups in total. The Morgan fingerprint density at radius 3 is 2.67 bits per heavy atom.